The third-order valence-electron chi connectivity index (χ3n) is 3.55. The van der Waals surface area contributed by atoms with Crippen LogP contribution in [0.15, 0.2) is 4.99 Å². The lowest BCUT2D eigenvalue weighted by Gasteiger charge is -2.23. The van der Waals surface area contributed by atoms with Crippen molar-refractivity contribution in [3.8, 4) is 0 Å². The summed E-state index contributed by atoms with van der Waals surface area (Å²) in [5.41, 5.74) is 20.7. The van der Waals surface area contributed by atoms with Gasteiger partial charge in [0.2, 0.25) is 23.6 Å². The summed E-state index contributed by atoms with van der Waals surface area (Å²) in [6.45, 7) is 1.02. The Labute approximate surface area is 166 Å². The molecule has 0 aromatic carbocycles. The fraction of sp³-hybridized carbons (Fsp3) is 0.600. The average Bonchev–Trinajstić information content (AvgIpc) is 2.62. The lowest BCUT2D eigenvalue weighted by Crippen LogP contribution is -2.56. The van der Waals surface area contributed by atoms with Crippen molar-refractivity contribution >= 4 is 35.6 Å². The molecule has 0 aliphatic heterocycles. The molecular formula is C15H28N8O6. The van der Waals surface area contributed by atoms with Crippen LogP contribution < -0.4 is 38.9 Å². The predicted octanol–water partition coefficient (Wildman–Crippen LogP) is -4.57. The molecule has 29 heavy (non-hydrogen) atoms. The van der Waals surface area contributed by atoms with E-state index in [-0.39, 0.29) is 25.5 Å². The van der Waals surface area contributed by atoms with Gasteiger partial charge in [-0.3, -0.25) is 29.0 Å². The number of rotatable bonds is 13. The number of hydrogen-bond donors (Lipinski definition) is 8. The first kappa shape index (κ1) is 25.6. The standard InChI is InChI=1S/C15H28N8O6/c1-7(14(28)29)21-13(27)9(5-10(17)24)23-12(26)8(22-11(25)6-16)3-2-4-20-15(18)19/h7-9H,2-6,16H2,1H3,(H2,17,24)(H,21,27)(H,22,25)(H,23,26)(H,28,29)(H4,18,19,20). The molecule has 0 rings (SSSR count). The van der Waals surface area contributed by atoms with E-state index in [1.807, 2.05) is 0 Å². The molecule has 0 bridgehead atoms. The van der Waals surface area contributed by atoms with Gasteiger partial charge in [-0.1, -0.05) is 0 Å². The van der Waals surface area contributed by atoms with Crippen LogP contribution in [0.25, 0.3) is 0 Å². The van der Waals surface area contributed by atoms with Crippen LogP contribution in [-0.4, -0.2) is 71.9 Å². The number of hydrogen-bond acceptors (Lipinski definition) is 7. The topological polar surface area (TPSA) is 258 Å². The third kappa shape index (κ3) is 11.1. The van der Waals surface area contributed by atoms with Crippen LogP contribution in [-0.2, 0) is 24.0 Å². The molecule has 164 valence electrons. The van der Waals surface area contributed by atoms with Crippen LogP contribution in [0.5, 0.6) is 0 Å². The molecule has 0 heterocycles. The summed E-state index contributed by atoms with van der Waals surface area (Å²) in [6.07, 6.45) is -0.163. The van der Waals surface area contributed by atoms with Crippen LogP contribution in [0, 0.1) is 0 Å². The van der Waals surface area contributed by atoms with Crippen LogP contribution in [0.1, 0.15) is 26.2 Å². The maximum Gasteiger partial charge on any atom is 0.325 e. The average molecular weight is 416 g/mol. The van der Waals surface area contributed by atoms with E-state index in [4.69, 9.17) is 28.0 Å². The summed E-state index contributed by atoms with van der Waals surface area (Å²) in [6, 6.07) is -3.79. The number of aliphatic carboxylic acids is 1. The van der Waals surface area contributed by atoms with Crippen molar-refractivity contribution in [3.05, 3.63) is 0 Å². The van der Waals surface area contributed by atoms with Crippen LogP contribution in [0.4, 0.5) is 0 Å². The predicted molar refractivity (Wildman–Crippen MR) is 102 cm³/mol. The molecule has 0 aliphatic rings. The van der Waals surface area contributed by atoms with Crippen molar-refractivity contribution in [2.24, 2.45) is 27.9 Å². The number of carboxylic acid groups (broad SMARTS) is 1. The highest BCUT2D eigenvalue weighted by atomic mass is 16.4. The number of aliphatic imine (C=N–C) groups is 1. The van der Waals surface area contributed by atoms with E-state index in [0.717, 1.165) is 0 Å². The van der Waals surface area contributed by atoms with E-state index in [2.05, 4.69) is 20.9 Å². The second kappa shape index (κ2) is 12.9. The second-order valence-electron chi connectivity index (χ2n) is 6.07. The van der Waals surface area contributed by atoms with Crippen molar-refractivity contribution < 1.29 is 29.1 Å². The summed E-state index contributed by atoms with van der Waals surface area (Å²) in [5, 5.41) is 15.7. The quantitative estimate of drug-likeness (QED) is 0.0814. The molecule has 4 amide bonds. The number of carbonyl (C=O) groups is 5. The first-order valence-corrected chi connectivity index (χ1v) is 8.64. The van der Waals surface area contributed by atoms with Crippen LogP contribution >= 0.6 is 0 Å². The first-order chi connectivity index (χ1) is 13.5. The van der Waals surface area contributed by atoms with Crippen molar-refractivity contribution in [3.63, 3.8) is 0 Å². The highest BCUT2D eigenvalue weighted by Gasteiger charge is 2.29. The largest absolute Gasteiger partial charge is 0.480 e. The van der Waals surface area contributed by atoms with Gasteiger partial charge in [-0.2, -0.15) is 0 Å². The van der Waals surface area contributed by atoms with E-state index in [9.17, 15) is 24.0 Å². The molecule has 0 fully saturated rings. The minimum Gasteiger partial charge on any atom is -0.480 e. The van der Waals surface area contributed by atoms with Gasteiger partial charge >= 0.3 is 5.97 Å². The van der Waals surface area contributed by atoms with Gasteiger partial charge in [-0.25, -0.2) is 0 Å². The number of carbonyl (C=O) groups excluding carboxylic acids is 4. The summed E-state index contributed by atoms with van der Waals surface area (Å²) in [7, 11) is 0. The zero-order chi connectivity index (χ0) is 22.6. The molecule has 3 atom stereocenters. The van der Waals surface area contributed by atoms with Gasteiger partial charge in [0.1, 0.15) is 18.1 Å². The zero-order valence-electron chi connectivity index (χ0n) is 16.0. The van der Waals surface area contributed by atoms with Gasteiger partial charge in [0, 0.05) is 6.54 Å². The Balaban J connectivity index is 5.22. The molecule has 14 nitrogen and oxygen atoms in total. The lowest BCUT2D eigenvalue weighted by atomic mass is 10.1. The highest BCUT2D eigenvalue weighted by molar-refractivity contribution is 5.95. The number of nitrogens with one attached hydrogen (secondary N) is 3. The van der Waals surface area contributed by atoms with Crippen molar-refractivity contribution in [2.45, 2.75) is 44.3 Å². The molecule has 14 heteroatoms. The monoisotopic (exact) mass is 416 g/mol. The highest BCUT2D eigenvalue weighted by Crippen LogP contribution is 2.02. The van der Waals surface area contributed by atoms with Crippen molar-refractivity contribution in [1.82, 2.24) is 16.0 Å². The molecule has 0 aromatic rings. The van der Waals surface area contributed by atoms with Gasteiger partial charge in [0.05, 0.1) is 13.0 Å². The van der Waals surface area contributed by atoms with Gasteiger partial charge < -0.3 is 44.0 Å². The lowest BCUT2D eigenvalue weighted by molar-refractivity contribution is -0.142. The normalized spacial score (nSPS) is 13.3. The molecule has 0 aromatic heterocycles. The fourth-order valence-corrected chi connectivity index (χ4v) is 2.08. The molecule has 0 saturated heterocycles. The number of guanidine groups is 1. The number of primary amides is 1. The molecule has 0 radical (unpaired) electrons. The number of nitrogens with two attached hydrogens (primary N) is 4. The van der Waals surface area contributed by atoms with E-state index >= 15 is 0 Å². The minimum absolute atomic E-state index is 0.102. The third-order valence-corrected chi connectivity index (χ3v) is 3.55. The number of carboxylic acids is 1. The van der Waals surface area contributed by atoms with E-state index in [0.29, 0.717) is 6.42 Å². The van der Waals surface area contributed by atoms with Gasteiger partial charge in [0.25, 0.3) is 0 Å². The van der Waals surface area contributed by atoms with Crippen LogP contribution in [0.2, 0.25) is 0 Å². The Kier molecular flexibility index (Phi) is 11.4. The minimum atomic E-state index is -1.43. The van der Waals surface area contributed by atoms with Crippen LogP contribution in [0.3, 0.4) is 0 Å². The maximum atomic E-state index is 12.5. The summed E-state index contributed by atoms with van der Waals surface area (Å²) in [5.74, 6) is -4.68. The molecule has 3 unspecified atom stereocenters. The summed E-state index contributed by atoms with van der Waals surface area (Å²) < 4.78 is 0. The zero-order valence-corrected chi connectivity index (χ0v) is 16.0. The second-order valence-corrected chi connectivity index (χ2v) is 6.07. The number of nitrogens with zero attached hydrogens (tertiary/aromatic N) is 1. The Morgan fingerprint density at radius 1 is 0.966 bits per heavy atom. The molecule has 0 aliphatic carbocycles. The molecule has 0 spiro atoms. The molecule has 12 N–H and O–H groups in total. The van der Waals surface area contributed by atoms with Gasteiger partial charge in [-0.15, -0.1) is 0 Å². The maximum absolute atomic E-state index is 12.5. The van der Waals surface area contributed by atoms with Crippen molar-refractivity contribution in [2.75, 3.05) is 13.1 Å². The Bertz CT molecular complexity index is 649. The smallest absolute Gasteiger partial charge is 0.325 e. The van der Waals surface area contributed by atoms with E-state index in [1.165, 1.54) is 6.92 Å². The van der Waals surface area contributed by atoms with Gasteiger partial charge in [-0.05, 0) is 19.8 Å². The first-order valence-electron chi connectivity index (χ1n) is 8.64. The molecule has 0 saturated carbocycles. The Hall–Kier alpha value is -3.42. The molecular weight excluding hydrogens is 388 g/mol. The fourth-order valence-electron chi connectivity index (χ4n) is 2.08. The SMILES string of the molecule is CC(NC(=O)C(CC(N)=O)NC(=O)C(CCCN=C(N)N)NC(=O)CN)C(=O)O. The summed E-state index contributed by atoms with van der Waals surface area (Å²) >= 11 is 0. The number of amides is 4. The van der Waals surface area contributed by atoms with E-state index < -0.39 is 54.1 Å². The van der Waals surface area contributed by atoms with Gasteiger partial charge in [0.15, 0.2) is 5.96 Å². The Morgan fingerprint density at radius 2 is 1.55 bits per heavy atom. The van der Waals surface area contributed by atoms with Crippen molar-refractivity contribution in [1.29, 1.82) is 0 Å². The van der Waals surface area contributed by atoms with E-state index in [1.54, 1.807) is 0 Å². The summed E-state index contributed by atoms with van der Waals surface area (Å²) in [4.78, 5) is 62.2. The Morgan fingerprint density at radius 3 is 2.03 bits per heavy atom.